The van der Waals surface area contributed by atoms with E-state index < -0.39 is 11.6 Å². The Balaban J connectivity index is 1.56. The lowest BCUT2D eigenvalue weighted by atomic mass is 9.91. The van der Waals surface area contributed by atoms with Crippen LogP contribution in [0.5, 0.6) is 0 Å². The summed E-state index contributed by atoms with van der Waals surface area (Å²) >= 11 is 0. The summed E-state index contributed by atoms with van der Waals surface area (Å²) in [5.74, 6) is -1.21. The second-order valence-corrected chi connectivity index (χ2v) is 6.17. The summed E-state index contributed by atoms with van der Waals surface area (Å²) in [5, 5.41) is 18.8. The van der Waals surface area contributed by atoms with E-state index in [0.29, 0.717) is 26.1 Å². The van der Waals surface area contributed by atoms with Crippen LogP contribution in [0.2, 0.25) is 0 Å². The molecule has 1 heterocycles. The summed E-state index contributed by atoms with van der Waals surface area (Å²) in [6, 6.07) is 10.1. The molecule has 0 atom stereocenters. The fourth-order valence-corrected chi connectivity index (χ4v) is 2.76. The number of amides is 1. The van der Waals surface area contributed by atoms with Gasteiger partial charge in [-0.3, -0.25) is 4.79 Å². The van der Waals surface area contributed by atoms with Crippen LogP contribution >= 0.6 is 0 Å². The van der Waals surface area contributed by atoms with Gasteiger partial charge in [0.15, 0.2) is 5.60 Å². The lowest BCUT2D eigenvalue weighted by Gasteiger charge is -2.35. The van der Waals surface area contributed by atoms with E-state index in [0.717, 1.165) is 6.42 Å². The Hall–Kier alpha value is -1.92. The first kappa shape index (κ1) is 18.4. The van der Waals surface area contributed by atoms with Crippen molar-refractivity contribution in [3.8, 4) is 0 Å². The Morgan fingerprint density at radius 1 is 1.12 bits per heavy atom. The number of ether oxygens (including phenoxy) is 1. The number of rotatable bonds is 8. The second kappa shape index (κ2) is 8.80. The maximum absolute atomic E-state index is 12.1. The average Bonchev–Trinajstić information content (AvgIpc) is 2.59. The first-order valence-electron chi connectivity index (χ1n) is 8.36. The number of aliphatic hydroxyl groups is 1. The Morgan fingerprint density at radius 3 is 2.42 bits per heavy atom. The van der Waals surface area contributed by atoms with Crippen LogP contribution in [0.3, 0.4) is 0 Å². The van der Waals surface area contributed by atoms with Crippen molar-refractivity contribution in [1.29, 1.82) is 0 Å². The number of aliphatic carboxylic acids is 1. The third kappa shape index (κ3) is 5.32. The van der Waals surface area contributed by atoms with Gasteiger partial charge in [-0.1, -0.05) is 30.3 Å². The van der Waals surface area contributed by atoms with Gasteiger partial charge < -0.3 is 19.8 Å². The Morgan fingerprint density at radius 2 is 1.79 bits per heavy atom. The SMILES string of the molecule is O=C(CCCOCCc1ccccc1)N1CCC(O)(C(=O)O)CC1. The van der Waals surface area contributed by atoms with Gasteiger partial charge in [0.2, 0.25) is 5.91 Å². The van der Waals surface area contributed by atoms with E-state index in [1.54, 1.807) is 4.90 Å². The molecule has 6 heteroatoms. The van der Waals surface area contributed by atoms with Gasteiger partial charge in [-0.05, 0) is 18.4 Å². The number of hydrogen-bond acceptors (Lipinski definition) is 4. The number of benzene rings is 1. The van der Waals surface area contributed by atoms with E-state index in [2.05, 4.69) is 12.1 Å². The van der Waals surface area contributed by atoms with Gasteiger partial charge in [0.25, 0.3) is 0 Å². The van der Waals surface area contributed by atoms with Crippen molar-refractivity contribution in [3.05, 3.63) is 35.9 Å². The fraction of sp³-hybridized carbons (Fsp3) is 0.556. The van der Waals surface area contributed by atoms with Crippen molar-refractivity contribution in [1.82, 2.24) is 4.90 Å². The minimum Gasteiger partial charge on any atom is -0.479 e. The number of piperidine rings is 1. The van der Waals surface area contributed by atoms with Gasteiger partial charge in [-0.25, -0.2) is 4.79 Å². The molecule has 1 aliphatic rings. The summed E-state index contributed by atoms with van der Waals surface area (Å²) in [5.41, 5.74) is -0.454. The smallest absolute Gasteiger partial charge is 0.335 e. The largest absolute Gasteiger partial charge is 0.479 e. The summed E-state index contributed by atoms with van der Waals surface area (Å²) in [7, 11) is 0. The lowest BCUT2D eigenvalue weighted by molar-refractivity contribution is -0.165. The Kier molecular flexibility index (Phi) is 6.75. The molecule has 0 radical (unpaired) electrons. The zero-order chi connectivity index (χ0) is 17.4. The zero-order valence-electron chi connectivity index (χ0n) is 13.8. The first-order valence-corrected chi connectivity index (χ1v) is 8.36. The van der Waals surface area contributed by atoms with Crippen LogP contribution in [-0.2, 0) is 20.7 Å². The minimum absolute atomic E-state index is 0.00546. The number of likely N-dealkylation sites (tertiary alicyclic amines) is 1. The third-order valence-electron chi connectivity index (χ3n) is 4.40. The van der Waals surface area contributed by atoms with E-state index in [-0.39, 0.29) is 31.8 Å². The molecule has 0 saturated carbocycles. The summed E-state index contributed by atoms with van der Waals surface area (Å²) in [4.78, 5) is 24.7. The fourth-order valence-electron chi connectivity index (χ4n) is 2.76. The molecule has 1 aromatic rings. The van der Waals surface area contributed by atoms with Crippen molar-refractivity contribution >= 4 is 11.9 Å². The molecular formula is C18H25NO5. The van der Waals surface area contributed by atoms with Crippen LogP contribution in [0.1, 0.15) is 31.2 Å². The second-order valence-electron chi connectivity index (χ2n) is 6.17. The maximum Gasteiger partial charge on any atom is 0.335 e. The van der Waals surface area contributed by atoms with Crippen molar-refractivity contribution < 1.29 is 24.5 Å². The molecule has 0 bridgehead atoms. The predicted octanol–water partition coefficient (Wildman–Crippen LogP) is 1.46. The highest BCUT2D eigenvalue weighted by Gasteiger charge is 2.40. The monoisotopic (exact) mass is 335 g/mol. The van der Waals surface area contributed by atoms with Gasteiger partial charge in [0, 0.05) is 39.0 Å². The van der Waals surface area contributed by atoms with Gasteiger partial charge in [0.1, 0.15) is 0 Å². The van der Waals surface area contributed by atoms with Gasteiger partial charge in [0.05, 0.1) is 6.61 Å². The van der Waals surface area contributed by atoms with Crippen LogP contribution in [0, 0.1) is 0 Å². The number of hydrogen-bond donors (Lipinski definition) is 2. The molecule has 0 aliphatic carbocycles. The predicted molar refractivity (Wildman–Crippen MR) is 88.6 cm³/mol. The third-order valence-corrected chi connectivity index (χ3v) is 4.40. The molecule has 132 valence electrons. The molecule has 24 heavy (non-hydrogen) atoms. The molecule has 6 nitrogen and oxygen atoms in total. The van der Waals surface area contributed by atoms with Crippen molar-refractivity contribution in [2.45, 2.75) is 37.7 Å². The topological polar surface area (TPSA) is 87.1 Å². The van der Waals surface area contributed by atoms with Crippen LogP contribution in [0.15, 0.2) is 30.3 Å². The van der Waals surface area contributed by atoms with Crippen molar-refractivity contribution in [3.63, 3.8) is 0 Å². The molecule has 0 unspecified atom stereocenters. The van der Waals surface area contributed by atoms with Gasteiger partial charge in [-0.2, -0.15) is 0 Å². The highest BCUT2D eigenvalue weighted by atomic mass is 16.5. The summed E-state index contributed by atoms with van der Waals surface area (Å²) < 4.78 is 5.55. The van der Waals surface area contributed by atoms with Gasteiger partial charge >= 0.3 is 5.97 Å². The van der Waals surface area contributed by atoms with Crippen LogP contribution in [-0.4, -0.2) is 58.9 Å². The van der Waals surface area contributed by atoms with Gasteiger partial charge in [-0.15, -0.1) is 0 Å². The number of carbonyl (C=O) groups excluding carboxylic acids is 1. The molecule has 1 aromatic carbocycles. The highest BCUT2D eigenvalue weighted by Crippen LogP contribution is 2.22. The van der Waals surface area contributed by atoms with Crippen LogP contribution < -0.4 is 0 Å². The molecule has 1 aliphatic heterocycles. The number of nitrogens with zero attached hydrogens (tertiary/aromatic N) is 1. The molecule has 2 rings (SSSR count). The number of carboxylic acid groups (broad SMARTS) is 1. The Bertz CT molecular complexity index is 538. The van der Waals surface area contributed by atoms with Crippen LogP contribution in [0.4, 0.5) is 0 Å². The molecule has 0 aromatic heterocycles. The quantitative estimate of drug-likeness (QED) is 0.703. The number of carbonyl (C=O) groups is 2. The van der Waals surface area contributed by atoms with Crippen molar-refractivity contribution in [2.75, 3.05) is 26.3 Å². The van der Waals surface area contributed by atoms with E-state index in [9.17, 15) is 14.7 Å². The molecule has 1 saturated heterocycles. The maximum atomic E-state index is 12.1. The summed E-state index contributed by atoms with van der Waals surface area (Å²) in [6.45, 7) is 1.74. The van der Waals surface area contributed by atoms with Crippen molar-refractivity contribution in [2.24, 2.45) is 0 Å². The van der Waals surface area contributed by atoms with E-state index in [1.165, 1.54) is 5.56 Å². The van der Waals surface area contributed by atoms with E-state index in [1.807, 2.05) is 18.2 Å². The first-order chi connectivity index (χ1) is 11.5. The minimum atomic E-state index is -1.68. The summed E-state index contributed by atoms with van der Waals surface area (Å²) in [6.07, 6.45) is 2.06. The average molecular weight is 335 g/mol. The molecule has 0 spiro atoms. The van der Waals surface area contributed by atoms with E-state index >= 15 is 0 Å². The number of carboxylic acids is 1. The molecule has 1 amide bonds. The molecule has 1 fully saturated rings. The van der Waals surface area contributed by atoms with E-state index in [4.69, 9.17) is 9.84 Å². The zero-order valence-corrected chi connectivity index (χ0v) is 13.8. The standard InChI is InChI=1S/C18H25NO5/c20-16(19-11-9-18(23,10-12-19)17(21)22)7-4-13-24-14-8-15-5-2-1-3-6-15/h1-3,5-6,23H,4,7-14H2,(H,21,22). The highest BCUT2D eigenvalue weighted by molar-refractivity contribution is 5.79. The molecule has 2 N–H and O–H groups in total. The normalized spacial score (nSPS) is 16.8. The molecular weight excluding hydrogens is 310 g/mol. The Labute approximate surface area is 142 Å². The van der Waals surface area contributed by atoms with Crippen LogP contribution in [0.25, 0.3) is 0 Å². The lowest BCUT2D eigenvalue weighted by Crippen LogP contribution is -2.50.